The third kappa shape index (κ3) is 3.39. The van der Waals surface area contributed by atoms with Gasteiger partial charge in [0.05, 0.1) is 18.7 Å². The van der Waals surface area contributed by atoms with Crippen molar-refractivity contribution in [2.75, 3.05) is 13.1 Å². The Morgan fingerprint density at radius 3 is 2.48 bits per heavy atom. The SMILES string of the molecule is N#Cc1ccc(Oc2ccc(C3CC[NH2+]CC3)cc2)nc1. The molecule has 1 aromatic carbocycles. The van der Waals surface area contributed by atoms with Crippen LogP contribution in [0.2, 0.25) is 0 Å². The first kappa shape index (κ1) is 13.6. The van der Waals surface area contributed by atoms with Gasteiger partial charge < -0.3 is 10.1 Å². The third-order valence-electron chi connectivity index (χ3n) is 3.88. The molecule has 4 heteroatoms. The van der Waals surface area contributed by atoms with Gasteiger partial charge in [0.1, 0.15) is 11.8 Å². The highest BCUT2D eigenvalue weighted by molar-refractivity contribution is 5.34. The molecule has 21 heavy (non-hydrogen) atoms. The average Bonchev–Trinajstić information content (AvgIpc) is 2.57. The van der Waals surface area contributed by atoms with Crippen LogP contribution in [0, 0.1) is 11.3 Å². The zero-order valence-corrected chi connectivity index (χ0v) is 11.8. The Kier molecular flexibility index (Phi) is 4.13. The Labute approximate surface area is 124 Å². The lowest BCUT2D eigenvalue weighted by molar-refractivity contribution is -0.663. The van der Waals surface area contributed by atoms with Gasteiger partial charge in [0, 0.05) is 25.1 Å². The molecule has 0 amide bonds. The fourth-order valence-electron chi connectivity index (χ4n) is 2.70. The molecule has 1 aliphatic heterocycles. The molecule has 3 rings (SSSR count). The number of nitrogens with two attached hydrogens (primary N) is 1. The number of nitriles is 1. The first-order valence-electron chi connectivity index (χ1n) is 7.31. The number of ether oxygens (including phenoxy) is 1. The van der Waals surface area contributed by atoms with Crippen LogP contribution < -0.4 is 10.1 Å². The van der Waals surface area contributed by atoms with Crippen molar-refractivity contribution in [2.24, 2.45) is 0 Å². The van der Waals surface area contributed by atoms with Crippen molar-refractivity contribution in [3.8, 4) is 17.7 Å². The van der Waals surface area contributed by atoms with Crippen molar-refractivity contribution < 1.29 is 10.1 Å². The first-order chi connectivity index (χ1) is 10.3. The van der Waals surface area contributed by atoms with Crippen LogP contribution in [0.15, 0.2) is 42.6 Å². The summed E-state index contributed by atoms with van der Waals surface area (Å²) >= 11 is 0. The molecule has 0 spiro atoms. The number of piperidine rings is 1. The largest absolute Gasteiger partial charge is 0.439 e. The average molecular weight is 280 g/mol. The van der Waals surface area contributed by atoms with E-state index in [0.29, 0.717) is 17.4 Å². The van der Waals surface area contributed by atoms with E-state index in [-0.39, 0.29) is 0 Å². The number of benzene rings is 1. The summed E-state index contributed by atoms with van der Waals surface area (Å²) in [5, 5.41) is 11.1. The summed E-state index contributed by atoms with van der Waals surface area (Å²) < 4.78 is 5.69. The van der Waals surface area contributed by atoms with Gasteiger partial charge in [-0.3, -0.25) is 0 Å². The van der Waals surface area contributed by atoms with Crippen LogP contribution in [-0.2, 0) is 0 Å². The van der Waals surface area contributed by atoms with Crippen molar-refractivity contribution in [3.63, 3.8) is 0 Å². The molecular formula is C17H18N3O+. The molecule has 1 aliphatic rings. The maximum absolute atomic E-state index is 8.74. The Morgan fingerprint density at radius 1 is 1.10 bits per heavy atom. The zero-order chi connectivity index (χ0) is 14.5. The lowest BCUT2D eigenvalue weighted by Crippen LogP contribution is -2.86. The van der Waals surface area contributed by atoms with E-state index in [1.807, 2.05) is 18.2 Å². The van der Waals surface area contributed by atoms with Gasteiger partial charge in [-0.15, -0.1) is 0 Å². The lowest BCUT2D eigenvalue weighted by Gasteiger charge is -2.20. The Morgan fingerprint density at radius 2 is 1.86 bits per heavy atom. The molecule has 106 valence electrons. The van der Waals surface area contributed by atoms with Crippen molar-refractivity contribution in [3.05, 3.63) is 53.7 Å². The van der Waals surface area contributed by atoms with Crippen molar-refractivity contribution in [2.45, 2.75) is 18.8 Å². The van der Waals surface area contributed by atoms with Gasteiger partial charge in [0.25, 0.3) is 0 Å². The number of rotatable bonds is 3. The standard InChI is InChI=1S/C17H17N3O/c18-11-13-1-6-17(20-12-13)21-16-4-2-14(3-5-16)15-7-9-19-10-8-15/h1-6,12,15,19H,7-10H2/p+1. The maximum atomic E-state index is 8.74. The third-order valence-corrected chi connectivity index (χ3v) is 3.88. The molecule has 0 radical (unpaired) electrons. The summed E-state index contributed by atoms with van der Waals surface area (Å²) in [6, 6.07) is 13.7. The highest BCUT2D eigenvalue weighted by Crippen LogP contribution is 2.27. The second-order valence-electron chi connectivity index (χ2n) is 5.31. The predicted octanol–water partition coefficient (Wildman–Crippen LogP) is 2.19. The summed E-state index contributed by atoms with van der Waals surface area (Å²) in [6.45, 7) is 2.44. The monoisotopic (exact) mass is 280 g/mol. The molecular weight excluding hydrogens is 262 g/mol. The molecule has 2 aromatic rings. The van der Waals surface area contributed by atoms with Gasteiger partial charge in [-0.1, -0.05) is 12.1 Å². The predicted molar refractivity (Wildman–Crippen MR) is 79.1 cm³/mol. The lowest BCUT2D eigenvalue weighted by atomic mass is 9.90. The minimum atomic E-state index is 0.508. The van der Waals surface area contributed by atoms with Crippen molar-refractivity contribution in [1.29, 1.82) is 5.26 Å². The highest BCUT2D eigenvalue weighted by Gasteiger charge is 2.17. The smallest absolute Gasteiger partial charge is 0.219 e. The van der Waals surface area contributed by atoms with Gasteiger partial charge in [0.15, 0.2) is 0 Å². The Hall–Kier alpha value is -2.38. The van der Waals surface area contributed by atoms with Crippen molar-refractivity contribution in [1.82, 2.24) is 4.98 Å². The Bertz CT molecular complexity index is 623. The number of pyridine rings is 1. The van der Waals surface area contributed by atoms with Gasteiger partial charge in [-0.25, -0.2) is 4.98 Å². The fraction of sp³-hybridized carbons (Fsp3) is 0.294. The van der Waals surface area contributed by atoms with Gasteiger partial charge in [0.2, 0.25) is 5.88 Å². The maximum Gasteiger partial charge on any atom is 0.219 e. The van der Waals surface area contributed by atoms with Crippen LogP contribution in [0.4, 0.5) is 0 Å². The zero-order valence-electron chi connectivity index (χ0n) is 11.8. The molecule has 0 atom stereocenters. The molecule has 0 bridgehead atoms. The molecule has 2 heterocycles. The van der Waals surface area contributed by atoms with E-state index in [2.05, 4.69) is 22.4 Å². The molecule has 1 saturated heterocycles. The topological polar surface area (TPSA) is 62.5 Å². The molecule has 4 nitrogen and oxygen atoms in total. The van der Waals surface area contributed by atoms with E-state index in [1.165, 1.54) is 37.7 Å². The second-order valence-corrected chi connectivity index (χ2v) is 5.31. The van der Waals surface area contributed by atoms with Gasteiger partial charge in [-0.2, -0.15) is 5.26 Å². The molecule has 1 aromatic heterocycles. The van der Waals surface area contributed by atoms with E-state index >= 15 is 0 Å². The summed E-state index contributed by atoms with van der Waals surface area (Å²) in [6.07, 6.45) is 4.01. The van der Waals surface area contributed by atoms with Crippen LogP contribution in [0.3, 0.4) is 0 Å². The van der Waals surface area contributed by atoms with Crippen LogP contribution in [-0.4, -0.2) is 18.1 Å². The Balaban J connectivity index is 1.67. The highest BCUT2D eigenvalue weighted by atomic mass is 16.5. The van der Waals surface area contributed by atoms with Crippen LogP contribution >= 0.6 is 0 Å². The summed E-state index contributed by atoms with van der Waals surface area (Å²) in [4.78, 5) is 4.11. The summed E-state index contributed by atoms with van der Waals surface area (Å²) in [7, 11) is 0. The van der Waals surface area contributed by atoms with E-state index in [1.54, 1.807) is 12.1 Å². The quantitative estimate of drug-likeness (QED) is 0.937. The second kappa shape index (κ2) is 6.38. The van der Waals surface area contributed by atoms with Gasteiger partial charge in [-0.05, 0) is 29.7 Å². The normalized spacial score (nSPS) is 15.4. The fourth-order valence-corrected chi connectivity index (χ4v) is 2.70. The number of hydrogen-bond acceptors (Lipinski definition) is 3. The molecule has 2 N–H and O–H groups in total. The minimum absolute atomic E-state index is 0.508. The van der Waals surface area contributed by atoms with Crippen molar-refractivity contribution >= 4 is 0 Å². The first-order valence-corrected chi connectivity index (χ1v) is 7.31. The summed E-state index contributed by atoms with van der Waals surface area (Å²) in [5.74, 6) is 1.96. The molecule has 0 saturated carbocycles. The minimum Gasteiger partial charge on any atom is -0.439 e. The van der Waals surface area contributed by atoms with Gasteiger partial charge >= 0.3 is 0 Å². The van der Waals surface area contributed by atoms with Crippen LogP contribution in [0.5, 0.6) is 11.6 Å². The van der Waals surface area contributed by atoms with E-state index in [0.717, 1.165) is 5.75 Å². The van der Waals surface area contributed by atoms with E-state index < -0.39 is 0 Å². The van der Waals surface area contributed by atoms with E-state index in [4.69, 9.17) is 10.00 Å². The summed E-state index contributed by atoms with van der Waals surface area (Å²) in [5.41, 5.74) is 1.93. The number of quaternary nitrogens is 1. The van der Waals surface area contributed by atoms with Crippen LogP contribution in [0.25, 0.3) is 0 Å². The molecule has 0 unspecified atom stereocenters. The van der Waals surface area contributed by atoms with Crippen LogP contribution in [0.1, 0.15) is 29.9 Å². The van der Waals surface area contributed by atoms with E-state index in [9.17, 15) is 0 Å². The number of aromatic nitrogens is 1. The molecule has 1 fully saturated rings. The molecule has 0 aliphatic carbocycles. The number of nitrogens with zero attached hydrogens (tertiary/aromatic N) is 2. The number of hydrogen-bond donors (Lipinski definition) is 1.